The average Bonchev–Trinajstić information content (AvgIpc) is 3.10. The number of hydrogen-bond acceptors (Lipinski definition) is 5. The maximum absolute atomic E-state index is 14.8. The molecule has 7 atom stereocenters. The Hall–Kier alpha value is -2.87. The predicted molar refractivity (Wildman–Crippen MR) is 127 cm³/mol. The molecule has 0 radical (unpaired) electrons. The van der Waals surface area contributed by atoms with Crippen molar-refractivity contribution < 1.29 is 24.4 Å². The summed E-state index contributed by atoms with van der Waals surface area (Å²) in [6.07, 6.45) is 2.22. The van der Waals surface area contributed by atoms with E-state index in [1.54, 1.807) is 6.07 Å². The molecule has 1 saturated heterocycles. The Morgan fingerprint density at radius 2 is 2.14 bits per heavy atom. The number of benzene rings is 2. The zero-order valence-electron chi connectivity index (χ0n) is 19.5. The summed E-state index contributed by atoms with van der Waals surface area (Å²) in [6.45, 7) is 7.21. The van der Waals surface area contributed by atoms with Gasteiger partial charge >= 0.3 is 0 Å². The summed E-state index contributed by atoms with van der Waals surface area (Å²) in [5.74, 6) is 0.155. The molecule has 6 nitrogen and oxygen atoms in total. The highest BCUT2D eigenvalue weighted by Gasteiger charge is 2.81. The Bertz CT molecular complexity index is 1500. The number of aromatic hydroxyl groups is 1. The number of phenols is 1. The maximum atomic E-state index is 14.8. The van der Waals surface area contributed by atoms with Gasteiger partial charge in [0.15, 0.2) is 17.6 Å². The smallest absolute Gasteiger partial charge is 0.166 e. The molecule has 7 heteroatoms. The number of rotatable bonds is 2. The zero-order valence-corrected chi connectivity index (χ0v) is 19.5. The number of aliphatic hydroxyl groups excluding tert-OH is 1. The summed E-state index contributed by atoms with van der Waals surface area (Å²) < 4.78 is 23.6. The second kappa shape index (κ2) is 6.09. The molecule has 1 saturated carbocycles. The van der Waals surface area contributed by atoms with Crippen molar-refractivity contribution in [2.75, 3.05) is 6.54 Å². The van der Waals surface area contributed by atoms with E-state index < -0.39 is 23.2 Å². The minimum absolute atomic E-state index is 0.0606. The van der Waals surface area contributed by atoms with E-state index in [0.29, 0.717) is 37.2 Å². The van der Waals surface area contributed by atoms with Crippen LogP contribution in [-0.2, 0) is 18.4 Å². The fourth-order valence-electron chi connectivity index (χ4n) is 8.44. The number of ether oxygens (including phenoxy) is 1. The van der Waals surface area contributed by atoms with Gasteiger partial charge in [0, 0.05) is 42.1 Å². The fourth-order valence-corrected chi connectivity index (χ4v) is 8.44. The zero-order chi connectivity index (χ0) is 24.0. The van der Waals surface area contributed by atoms with Crippen LogP contribution in [0.2, 0.25) is 0 Å². The Balaban J connectivity index is 1.46. The number of fused-ring (bicyclic) bond motifs is 7. The lowest BCUT2D eigenvalue weighted by Gasteiger charge is -2.49. The number of likely N-dealkylation sites (tertiary alicyclic amines) is 1. The molecular formula is C28H27FN2O4. The molecule has 0 amide bonds. The van der Waals surface area contributed by atoms with Gasteiger partial charge in [-0.05, 0) is 49.1 Å². The van der Waals surface area contributed by atoms with Crippen LogP contribution < -0.4 is 4.74 Å². The molecule has 3 aliphatic heterocycles. The van der Waals surface area contributed by atoms with E-state index in [4.69, 9.17) is 4.74 Å². The van der Waals surface area contributed by atoms with Crippen LogP contribution in [0, 0.1) is 12.7 Å². The van der Waals surface area contributed by atoms with Crippen molar-refractivity contribution in [1.29, 1.82) is 0 Å². The van der Waals surface area contributed by atoms with Gasteiger partial charge in [0.1, 0.15) is 5.82 Å². The summed E-state index contributed by atoms with van der Waals surface area (Å²) in [6, 6.07) is 6.66. The van der Waals surface area contributed by atoms with Gasteiger partial charge in [-0.1, -0.05) is 12.1 Å². The van der Waals surface area contributed by atoms with Crippen LogP contribution in [0.15, 0.2) is 36.9 Å². The van der Waals surface area contributed by atoms with E-state index in [-0.39, 0.29) is 23.7 Å². The quantitative estimate of drug-likeness (QED) is 0.391. The largest absolute Gasteiger partial charge is 0.504 e. The molecule has 2 aliphatic carbocycles. The molecule has 180 valence electrons. The second-order valence-corrected chi connectivity index (χ2v) is 11.1. The molecule has 5 aliphatic rings. The summed E-state index contributed by atoms with van der Waals surface area (Å²) in [7, 11) is 0. The fraction of sp³-hybridized carbons (Fsp3) is 0.429. The van der Waals surface area contributed by atoms with E-state index >= 15 is 0 Å². The van der Waals surface area contributed by atoms with Gasteiger partial charge < -0.3 is 24.6 Å². The molecule has 8 rings (SSSR count). The van der Waals surface area contributed by atoms with E-state index in [1.807, 2.05) is 19.1 Å². The first-order chi connectivity index (χ1) is 16.8. The maximum Gasteiger partial charge on any atom is 0.166 e. The molecule has 0 bridgehead atoms. The third-order valence-corrected chi connectivity index (χ3v) is 9.64. The summed E-state index contributed by atoms with van der Waals surface area (Å²) in [5.41, 5.74) is 3.32. The standard InChI is InChI=1S/C28H27FN2O4/c1-3-7-30-18-12-27-21-13(2)4-5-20(33)24(21)35-26(27)23-17(11-28(27,34)25(18)30)15-9-14(29)10-16-19(32)6-8-31(23)22(15)16/h3-5,9-10,18-19,25-26,32-34H,1,6-8,11-12H2,2H3/t18?,19-,25+,26-,27-,28+,30?/m0/s1. The van der Waals surface area contributed by atoms with Crippen LogP contribution in [0.25, 0.3) is 10.9 Å². The van der Waals surface area contributed by atoms with E-state index in [0.717, 1.165) is 39.7 Å². The number of nitrogens with zero attached hydrogens (tertiary/aromatic N) is 2. The van der Waals surface area contributed by atoms with Crippen LogP contribution in [0.3, 0.4) is 0 Å². The summed E-state index contributed by atoms with van der Waals surface area (Å²) in [5, 5.41) is 35.0. The van der Waals surface area contributed by atoms with Gasteiger partial charge in [-0.2, -0.15) is 0 Å². The highest BCUT2D eigenvalue weighted by atomic mass is 19.1. The van der Waals surface area contributed by atoms with Crippen LogP contribution in [0.4, 0.5) is 4.39 Å². The van der Waals surface area contributed by atoms with Crippen LogP contribution >= 0.6 is 0 Å². The monoisotopic (exact) mass is 474 g/mol. The van der Waals surface area contributed by atoms with Gasteiger partial charge in [0.25, 0.3) is 0 Å². The molecule has 2 unspecified atom stereocenters. The number of aliphatic hydroxyl groups is 2. The Morgan fingerprint density at radius 3 is 2.94 bits per heavy atom. The Morgan fingerprint density at radius 1 is 1.31 bits per heavy atom. The molecule has 4 heterocycles. The highest BCUT2D eigenvalue weighted by molar-refractivity contribution is 5.90. The summed E-state index contributed by atoms with van der Waals surface area (Å²) in [4.78, 5) is 2.28. The minimum atomic E-state index is -1.15. The molecule has 2 fully saturated rings. The molecule has 1 aromatic heterocycles. The highest BCUT2D eigenvalue weighted by Crippen LogP contribution is 2.73. The van der Waals surface area contributed by atoms with E-state index in [9.17, 15) is 19.7 Å². The lowest BCUT2D eigenvalue weighted by Crippen LogP contribution is -2.60. The second-order valence-electron chi connectivity index (χ2n) is 11.1. The molecule has 2 aromatic carbocycles. The first-order valence-corrected chi connectivity index (χ1v) is 12.4. The topological polar surface area (TPSA) is 77.9 Å². The third kappa shape index (κ3) is 2.06. The van der Waals surface area contributed by atoms with Crippen molar-refractivity contribution in [3.63, 3.8) is 0 Å². The Labute approximate surface area is 201 Å². The number of hydrogen-bond donors (Lipinski definition) is 3. The van der Waals surface area contributed by atoms with Crippen LogP contribution in [-0.4, -0.2) is 49.0 Å². The minimum Gasteiger partial charge on any atom is -0.504 e. The number of phenolic OH excluding ortho intramolecular Hbond substituents is 1. The van der Waals surface area contributed by atoms with Gasteiger partial charge in [0.05, 0.1) is 34.4 Å². The summed E-state index contributed by atoms with van der Waals surface area (Å²) >= 11 is 0. The lowest BCUT2D eigenvalue weighted by atomic mass is 9.58. The molecule has 35 heavy (non-hydrogen) atoms. The van der Waals surface area contributed by atoms with Gasteiger partial charge in [-0.15, -0.1) is 6.58 Å². The molecule has 1 spiro atoms. The van der Waals surface area contributed by atoms with E-state index in [2.05, 4.69) is 16.0 Å². The van der Waals surface area contributed by atoms with Crippen molar-refractivity contribution >= 4 is 10.9 Å². The lowest BCUT2D eigenvalue weighted by molar-refractivity contribution is -0.0862. The number of aryl methyl sites for hydroxylation is 2. The van der Waals surface area contributed by atoms with Crippen molar-refractivity contribution in [2.45, 2.75) is 68.0 Å². The van der Waals surface area contributed by atoms with Crippen LogP contribution in [0.1, 0.15) is 53.0 Å². The number of piperidine rings is 1. The van der Waals surface area contributed by atoms with Crippen molar-refractivity contribution in [2.24, 2.45) is 0 Å². The van der Waals surface area contributed by atoms with Crippen molar-refractivity contribution in [1.82, 2.24) is 9.47 Å². The first-order valence-electron chi connectivity index (χ1n) is 12.4. The molecule has 3 aromatic rings. The van der Waals surface area contributed by atoms with Crippen molar-refractivity contribution in [3.05, 3.63) is 70.7 Å². The van der Waals surface area contributed by atoms with Gasteiger partial charge in [-0.25, -0.2) is 4.39 Å². The predicted octanol–water partition coefficient (Wildman–Crippen LogP) is 3.53. The van der Waals surface area contributed by atoms with Gasteiger partial charge in [-0.3, -0.25) is 4.90 Å². The van der Waals surface area contributed by atoms with Gasteiger partial charge in [0.2, 0.25) is 0 Å². The molecular weight excluding hydrogens is 447 g/mol. The van der Waals surface area contributed by atoms with E-state index in [1.165, 1.54) is 12.1 Å². The number of aromatic nitrogens is 1. The third-order valence-electron chi connectivity index (χ3n) is 9.64. The average molecular weight is 475 g/mol. The Kier molecular flexibility index (Phi) is 3.54. The first kappa shape index (κ1) is 20.3. The molecule has 3 N–H and O–H groups in total. The SMILES string of the molecule is C=CCN1C2C[C@]34c5c(C)ccc(O)c5O[C@H]3c3c(c5cc(F)cc6c5n3CC[C@@H]6O)C[C@@]4(O)[C@@H]21. The van der Waals surface area contributed by atoms with Crippen molar-refractivity contribution in [3.8, 4) is 11.5 Å². The normalized spacial score (nSPS) is 37.2. The number of halogens is 1. The van der Waals surface area contributed by atoms with Crippen LogP contribution in [0.5, 0.6) is 11.5 Å².